The second-order valence-electron chi connectivity index (χ2n) is 20.1. The summed E-state index contributed by atoms with van der Waals surface area (Å²) in [5.74, 6) is 4.78. The molecule has 2 aliphatic rings. The van der Waals surface area contributed by atoms with Gasteiger partial charge in [0.05, 0.1) is 29.5 Å². The summed E-state index contributed by atoms with van der Waals surface area (Å²) in [5, 5.41) is 14.7. The minimum Gasteiger partial charge on any atom is -0.494 e. The summed E-state index contributed by atoms with van der Waals surface area (Å²) in [7, 11) is -2.29. The van der Waals surface area contributed by atoms with Gasteiger partial charge in [0.2, 0.25) is 23.7 Å². The Hall–Kier alpha value is -8.28. The number of rotatable bonds is 18. The normalized spacial score (nSPS) is 14.9. The number of methoxy groups -OCH3 is 1. The number of piperazine rings is 1. The topological polar surface area (TPSA) is 304 Å². The summed E-state index contributed by atoms with van der Waals surface area (Å²) in [5.41, 5.74) is 14.5. The molecule has 6 heterocycles. The van der Waals surface area contributed by atoms with E-state index in [9.17, 15) is 32.4 Å². The molecule has 0 unspecified atom stereocenters. The van der Waals surface area contributed by atoms with Gasteiger partial charge in [-0.25, -0.2) is 14.8 Å². The molecule has 0 aliphatic carbocycles. The first-order valence-electron chi connectivity index (χ1n) is 26.0. The lowest BCUT2D eigenvalue weighted by atomic mass is 9.95. The van der Waals surface area contributed by atoms with E-state index in [0.717, 1.165) is 0 Å². The van der Waals surface area contributed by atoms with Crippen molar-refractivity contribution in [3.05, 3.63) is 82.5 Å². The number of ether oxygens (including phenoxy) is 3. The number of anilines is 2. The Kier molecular flexibility index (Phi) is 17.1. The van der Waals surface area contributed by atoms with Gasteiger partial charge in [0.1, 0.15) is 46.1 Å². The van der Waals surface area contributed by atoms with Crippen molar-refractivity contribution in [3.63, 3.8) is 0 Å². The summed E-state index contributed by atoms with van der Waals surface area (Å²) >= 11 is 0. The highest BCUT2D eigenvalue weighted by Gasteiger charge is 2.36. The van der Waals surface area contributed by atoms with Crippen LogP contribution in [0.15, 0.2) is 48.6 Å². The lowest BCUT2D eigenvalue weighted by molar-refractivity contribution is 0.0188. The SMILES string of the molecule is CCn1nc(C)cc1C(=O)Nc1nc2cc(C(N)=O)cc(OC)c2n1C/C=C/Cn1c(NC(=O)c2cc(C)nn2CC)nc2cc(C(N)=O)cc(OCC#CCC3CCN(S(=O)(=O)N4CCN(C(=O)OC(C)(C)C)CC4)CC3)c21. The van der Waals surface area contributed by atoms with Crippen LogP contribution < -0.4 is 31.6 Å². The number of fused-ring (bicyclic) bond motifs is 2. The van der Waals surface area contributed by atoms with Crippen LogP contribution >= 0.6 is 0 Å². The Labute approximate surface area is 457 Å². The molecule has 0 atom stereocenters. The highest BCUT2D eigenvalue weighted by molar-refractivity contribution is 7.86. The van der Waals surface area contributed by atoms with Gasteiger partial charge in [0.15, 0.2) is 0 Å². The van der Waals surface area contributed by atoms with Crippen molar-refractivity contribution in [2.24, 2.45) is 17.4 Å². The number of allylic oxidation sites excluding steroid dienone is 2. The fourth-order valence-corrected chi connectivity index (χ4v) is 11.1. The van der Waals surface area contributed by atoms with E-state index in [1.165, 1.54) is 44.9 Å². The monoisotopic (exact) mass is 1110 g/mol. The molecule has 0 saturated carbocycles. The number of hydrogen-bond acceptors (Lipinski definition) is 14. The lowest BCUT2D eigenvalue weighted by Gasteiger charge is -2.38. The molecule has 26 heteroatoms. The molecule has 6 N–H and O–H groups in total. The number of benzene rings is 2. The van der Waals surface area contributed by atoms with Gasteiger partial charge in [-0.1, -0.05) is 24.0 Å². The van der Waals surface area contributed by atoms with Crippen LogP contribution in [-0.4, -0.2) is 149 Å². The number of imidazole rings is 2. The zero-order valence-corrected chi connectivity index (χ0v) is 46.5. The third kappa shape index (κ3) is 12.9. The van der Waals surface area contributed by atoms with E-state index in [1.54, 1.807) is 65.2 Å². The van der Waals surface area contributed by atoms with E-state index >= 15 is 0 Å². The highest BCUT2D eigenvalue weighted by atomic mass is 32.2. The zero-order valence-electron chi connectivity index (χ0n) is 45.7. The van der Waals surface area contributed by atoms with Crippen LogP contribution in [0.2, 0.25) is 0 Å². The van der Waals surface area contributed by atoms with Gasteiger partial charge in [-0.05, 0) is 104 Å². The first kappa shape index (κ1) is 56.9. The summed E-state index contributed by atoms with van der Waals surface area (Å²) < 4.78 is 54.2. The van der Waals surface area contributed by atoms with Crippen LogP contribution in [0.4, 0.5) is 16.7 Å². The van der Waals surface area contributed by atoms with Gasteiger partial charge in [-0.15, -0.1) is 0 Å². The van der Waals surface area contributed by atoms with Crippen molar-refractivity contribution in [2.45, 2.75) is 99.5 Å². The fraction of sp³-hybridized carbons (Fsp3) is 0.453. The third-order valence-electron chi connectivity index (χ3n) is 13.4. The third-order valence-corrected chi connectivity index (χ3v) is 15.4. The van der Waals surface area contributed by atoms with Crippen molar-refractivity contribution in [3.8, 4) is 23.3 Å². The number of nitrogens with two attached hydrogens (primary N) is 2. The second kappa shape index (κ2) is 23.8. The minimum atomic E-state index is -3.73. The van der Waals surface area contributed by atoms with Crippen LogP contribution in [0.1, 0.15) is 107 Å². The Morgan fingerprint density at radius 1 is 0.709 bits per heavy atom. The minimum absolute atomic E-state index is 0.0824. The van der Waals surface area contributed by atoms with Crippen molar-refractivity contribution in [2.75, 3.05) is 63.6 Å². The van der Waals surface area contributed by atoms with Crippen LogP contribution in [0.3, 0.4) is 0 Å². The fourth-order valence-electron chi connectivity index (χ4n) is 9.50. The number of carbonyl (C=O) groups is 5. The summed E-state index contributed by atoms with van der Waals surface area (Å²) in [4.78, 5) is 76.4. The van der Waals surface area contributed by atoms with Crippen molar-refractivity contribution in [1.29, 1.82) is 0 Å². The predicted molar refractivity (Wildman–Crippen MR) is 294 cm³/mol. The van der Waals surface area contributed by atoms with Crippen molar-refractivity contribution >= 4 is 73.9 Å². The van der Waals surface area contributed by atoms with Crippen LogP contribution in [-0.2, 0) is 41.1 Å². The summed E-state index contributed by atoms with van der Waals surface area (Å²) in [6, 6.07) is 9.35. The molecular weight excluding hydrogens is 1040 g/mol. The maximum Gasteiger partial charge on any atom is 0.410 e. The molecule has 8 rings (SSSR count). The molecule has 6 aromatic rings. The molecule has 0 radical (unpaired) electrons. The van der Waals surface area contributed by atoms with Gasteiger partial charge in [-0.3, -0.25) is 39.2 Å². The number of aryl methyl sites for hydroxylation is 4. The highest BCUT2D eigenvalue weighted by Crippen LogP contribution is 2.34. The average molecular weight is 1110 g/mol. The molecule has 2 aromatic carbocycles. The van der Waals surface area contributed by atoms with E-state index < -0.39 is 45.5 Å². The summed E-state index contributed by atoms with van der Waals surface area (Å²) in [6.07, 6.45) is 4.87. The van der Waals surface area contributed by atoms with E-state index in [-0.39, 0.29) is 91.8 Å². The van der Waals surface area contributed by atoms with Gasteiger partial charge in [-0.2, -0.15) is 27.2 Å². The number of carbonyl (C=O) groups excluding carboxylic acids is 5. The first-order chi connectivity index (χ1) is 37.6. The molecular formula is C53H67N15O10S. The molecule has 2 saturated heterocycles. The quantitative estimate of drug-likeness (QED) is 0.0671. The molecule has 2 fully saturated rings. The number of nitrogens with zero attached hydrogens (tertiary/aromatic N) is 11. The van der Waals surface area contributed by atoms with Gasteiger partial charge in [0.25, 0.3) is 22.0 Å². The number of primary amides is 2. The van der Waals surface area contributed by atoms with Crippen LogP contribution in [0.5, 0.6) is 11.5 Å². The van der Waals surface area contributed by atoms with E-state index in [1.807, 2.05) is 26.0 Å². The zero-order chi connectivity index (χ0) is 56.9. The number of amides is 5. The molecule has 0 spiro atoms. The lowest BCUT2D eigenvalue weighted by Crippen LogP contribution is -2.55. The number of hydrogen-bond donors (Lipinski definition) is 4. The van der Waals surface area contributed by atoms with E-state index in [4.69, 9.17) is 35.6 Å². The molecule has 4 aromatic heterocycles. The number of nitrogens with one attached hydrogen (secondary N) is 2. The molecule has 25 nitrogen and oxygen atoms in total. The maximum atomic E-state index is 14.0. The van der Waals surface area contributed by atoms with Gasteiger partial charge < -0.3 is 39.7 Å². The smallest absolute Gasteiger partial charge is 0.410 e. The van der Waals surface area contributed by atoms with Crippen molar-refractivity contribution in [1.82, 2.24) is 52.2 Å². The standard InChI is InChI=1S/C53H67N15O10S/c1-9-67-40(27-33(3)60-67)48(71)58-50-56-38-29-36(46(54)69)31-42(76-8)44(38)65(50)18-12-13-19-66-45-39(57-51(66)59-49(72)41-28-34(4)61-68(41)10-2)30-37(47(55)70)32-43(45)77-26-14-11-15-35-16-20-63(21-17-35)79(74,75)64-24-22-62(23-25-64)52(73)78-53(5,6)7/h12-13,27-32,35H,9-10,15-26H2,1-8H3,(H2,54,69)(H2,55,70)(H,56,58,71)(H,57,59,72)/b13-12+. The molecule has 420 valence electrons. The number of piperidine rings is 1. The molecule has 79 heavy (non-hydrogen) atoms. The van der Waals surface area contributed by atoms with Crippen molar-refractivity contribution < 1.29 is 46.6 Å². The second-order valence-corrected chi connectivity index (χ2v) is 22.1. The molecule has 0 bridgehead atoms. The Balaban J connectivity index is 1.02. The van der Waals surface area contributed by atoms with E-state index in [2.05, 4.69) is 32.7 Å². The van der Waals surface area contributed by atoms with Crippen LogP contribution in [0, 0.1) is 31.6 Å². The van der Waals surface area contributed by atoms with E-state index in [0.29, 0.717) is 84.8 Å². The van der Waals surface area contributed by atoms with Gasteiger partial charge in [0, 0.05) is 83.0 Å². The largest absolute Gasteiger partial charge is 0.494 e. The predicted octanol–water partition coefficient (Wildman–Crippen LogP) is 4.68. The molecule has 2 aliphatic heterocycles. The Morgan fingerprint density at radius 3 is 1.66 bits per heavy atom. The maximum absolute atomic E-state index is 14.0. The Morgan fingerprint density at radius 2 is 1.19 bits per heavy atom. The Bertz CT molecular complexity index is 3520. The number of aromatic nitrogens is 8. The van der Waals surface area contributed by atoms with Gasteiger partial charge >= 0.3 is 6.09 Å². The first-order valence-corrected chi connectivity index (χ1v) is 27.4. The summed E-state index contributed by atoms with van der Waals surface area (Å²) in [6.45, 7) is 15.2. The van der Waals surface area contributed by atoms with Crippen LogP contribution in [0.25, 0.3) is 22.1 Å². The molecule has 5 amide bonds. The average Bonchev–Trinajstić information content (AvgIpc) is 4.28.